The Morgan fingerprint density at radius 1 is 1.10 bits per heavy atom. The van der Waals surface area contributed by atoms with Gasteiger partial charge in [-0.15, -0.1) is 0 Å². The SMILES string of the molecule is CCC(CC)c1cc(C)nn2c(-c3c(C)oc4c(C(C)O)cccc34)c(C)nc12. The van der Waals surface area contributed by atoms with Crippen LogP contribution in [0, 0.1) is 20.8 Å². The van der Waals surface area contributed by atoms with Crippen LogP contribution >= 0.6 is 0 Å². The van der Waals surface area contributed by atoms with Crippen molar-refractivity contribution >= 4 is 16.6 Å². The van der Waals surface area contributed by atoms with Crippen LogP contribution in [-0.4, -0.2) is 19.7 Å². The van der Waals surface area contributed by atoms with Crippen LogP contribution in [0.1, 0.15) is 73.9 Å². The average Bonchev–Trinajstić information content (AvgIpc) is 3.17. The molecular formula is C24H29N3O2. The quantitative estimate of drug-likeness (QED) is 0.451. The summed E-state index contributed by atoms with van der Waals surface area (Å²) in [5.41, 5.74) is 7.60. The van der Waals surface area contributed by atoms with E-state index in [0.29, 0.717) is 5.92 Å². The molecule has 0 aliphatic heterocycles. The summed E-state index contributed by atoms with van der Waals surface area (Å²) >= 11 is 0. The van der Waals surface area contributed by atoms with E-state index >= 15 is 0 Å². The van der Waals surface area contributed by atoms with Gasteiger partial charge in [-0.25, -0.2) is 9.50 Å². The highest BCUT2D eigenvalue weighted by Crippen LogP contribution is 2.40. The van der Waals surface area contributed by atoms with Crippen molar-refractivity contribution in [2.75, 3.05) is 0 Å². The van der Waals surface area contributed by atoms with Gasteiger partial charge in [0.25, 0.3) is 0 Å². The van der Waals surface area contributed by atoms with E-state index in [4.69, 9.17) is 14.5 Å². The van der Waals surface area contributed by atoms with E-state index < -0.39 is 6.10 Å². The van der Waals surface area contributed by atoms with Gasteiger partial charge < -0.3 is 9.52 Å². The number of para-hydroxylation sites is 1. The van der Waals surface area contributed by atoms with Gasteiger partial charge in [0.15, 0.2) is 5.65 Å². The predicted molar refractivity (Wildman–Crippen MR) is 116 cm³/mol. The molecule has 1 atom stereocenters. The van der Waals surface area contributed by atoms with Crippen molar-refractivity contribution in [1.29, 1.82) is 0 Å². The number of imidazole rings is 1. The fraction of sp³-hybridized carbons (Fsp3) is 0.417. The molecule has 0 radical (unpaired) electrons. The van der Waals surface area contributed by atoms with Crippen LogP contribution < -0.4 is 0 Å². The molecule has 0 saturated carbocycles. The zero-order chi connectivity index (χ0) is 20.9. The monoisotopic (exact) mass is 391 g/mol. The molecule has 4 rings (SSSR count). The second-order valence-electron chi connectivity index (χ2n) is 7.97. The van der Waals surface area contributed by atoms with E-state index in [0.717, 1.165) is 63.4 Å². The van der Waals surface area contributed by atoms with Crippen molar-refractivity contribution in [3.8, 4) is 11.3 Å². The lowest BCUT2D eigenvalue weighted by molar-refractivity contribution is 0.199. The summed E-state index contributed by atoms with van der Waals surface area (Å²) in [6.07, 6.45) is 1.55. The minimum absolute atomic E-state index is 0.456. The Labute approximate surface area is 171 Å². The molecule has 0 spiro atoms. The van der Waals surface area contributed by atoms with E-state index in [9.17, 15) is 5.11 Å². The molecule has 1 aromatic carbocycles. The van der Waals surface area contributed by atoms with Gasteiger partial charge in [-0.2, -0.15) is 5.10 Å². The number of rotatable bonds is 5. The van der Waals surface area contributed by atoms with E-state index in [1.165, 1.54) is 5.56 Å². The van der Waals surface area contributed by atoms with Crippen molar-refractivity contribution in [3.63, 3.8) is 0 Å². The van der Waals surface area contributed by atoms with Gasteiger partial charge >= 0.3 is 0 Å². The molecule has 1 unspecified atom stereocenters. The van der Waals surface area contributed by atoms with Crippen molar-refractivity contribution in [3.05, 3.63) is 52.5 Å². The Balaban J connectivity index is 2.07. The van der Waals surface area contributed by atoms with Gasteiger partial charge in [-0.05, 0) is 52.5 Å². The Morgan fingerprint density at radius 2 is 1.83 bits per heavy atom. The molecule has 29 heavy (non-hydrogen) atoms. The van der Waals surface area contributed by atoms with Gasteiger partial charge in [0.2, 0.25) is 0 Å². The number of nitrogens with zero attached hydrogens (tertiary/aromatic N) is 3. The first-order valence-electron chi connectivity index (χ1n) is 10.4. The summed E-state index contributed by atoms with van der Waals surface area (Å²) in [4.78, 5) is 4.94. The number of fused-ring (bicyclic) bond motifs is 2. The van der Waals surface area contributed by atoms with Crippen LogP contribution in [0.25, 0.3) is 27.9 Å². The van der Waals surface area contributed by atoms with Crippen LogP contribution in [0.3, 0.4) is 0 Å². The molecule has 152 valence electrons. The fourth-order valence-corrected chi connectivity index (χ4v) is 4.48. The summed E-state index contributed by atoms with van der Waals surface area (Å²) < 4.78 is 8.13. The number of aliphatic hydroxyl groups excluding tert-OH is 1. The van der Waals surface area contributed by atoms with Crippen LogP contribution in [0.15, 0.2) is 28.7 Å². The molecule has 5 heteroatoms. The molecular weight excluding hydrogens is 362 g/mol. The maximum Gasteiger partial charge on any atom is 0.157 e. The molecule has 0 saturated heterocycles. The van der Waals surface area contributed by atoms with E-state index in [1.807, 2.05) is 43.5 Å². The topological polar surface area (TPSA) is 63.6 Å². The van der Waals surface area contributed by atoms with Crippen molar-refractivity contribution in [2.45, 2.75) is 66.4 Å². The lowest BCUT2D eigenvalue weighted by Gasteiger charge is -2.14. The van der Waals surface area contributed by atoms with Crippen molar-refractivity contribution < 1.29 is 9.52 Å². The Morgan fingerprint density at radius 3 is 2.48 bits per heavy atom. The highest BCUT2D eigenvalue weighted by molar-refractivity contribution is 5.97. The molecule has 0 fully saturated rings. The summed E-state index contributed by atoms with van der Waals surface area (Å²) in [5.74, 6) is 1.27. The largest absolute Gasteiger partial charge is 0.460 e. The summed E-state index contributed by atoms with van der Waals surface area (Å²) in [7, 11) is 0. The third-order valence-electron chi connectivity index (χ3n) is 5.94. The highest BCUT2D eigenvalue weighted by Gasteiger charge is 2.25. The van der Waals surface area contributed by atoms with E-state index in [2.05, 4.69) is 19.9 Å². The fourth-order valence-electron chi connectivity index (χ4n) is 4.48. The van der Waals surface area contributed by atoms with Crippen LogP contribution in [0.2, 0.25) is 0 Å². The predicted octanol–water partition coefficient (Wildman–Crippen LogP) is 6.02. The molecule has 0 bridgehead atoms. The smallest absolute Gasteiger partial charge is 0.157 e. The van der Waals surface area contributed by atoms with Gasteiger partial charge in [0.05, 0.1) is 28.7 Å². The number of aromatic nitrogens is 3. The second kappa shape index (κ2) is 7.30. The molecule has 3 heterocycles. The van der Waals surface area contributed by atoms with Crippen LogP contribution in [-0.2, 0) is 0 Å². The zero-order valence-electron chi connectivity index (χ0n) is 18.1. The van der Waals surface area contributed by atoms with Crippen molar-refractivity contribution in [2.24, 2.45) is 0 Å². The maximum absolute atomic E-state index is 10.2. The van der Waals surface area contributed by atoms with Gasteiger partial charge in [0, 0.05) is 16.5 Å². The maximum atomic E-state index is 10.2. The van der Waals surface area contributed by atoms with Crippen molar-refractivity contribution in [1.82, 2.24) is 14.6 Å². The molecule has 0 amide bonds. The molecule has 0 aliphatic carbocycles. The van der Waals surface area contributed by atoms with Crippen LogP contribution in [0.5, 0.6) is 0 Å². The third kappa shape index (κ3) is 3.04. The lowest BCUT2D eigenvalue weighted by atomic mass is 9.95. The number of hydrogen-bond acceptors (Lipinski definition) is 4. The number of aryl methyl sites for hydroxylation is 3. The summed E-state index contributed by atoms with van der Waals surface area (Å²) in [6.45, 7) is 12.3. The Bertz CT molecular complexity index is 1200. The number of benzene rings is 1. The standard InChI is InChI=1S/C24H29N3O2/c1-7-17(8-2)20-12-13(3)26-27-22(14(4)25-24(20)27)21-16(6)29-23-18(15(5)28)10-9-11-19(21)23/h9-12,15,17,28H,7-8H2,1-6H3. The van der Waals surface area contributed by atoms with Gasteiger partial charge in [0.1, 0.15) is 11.3 Å². The third-order valence-corrected chi connectivity index (χ3v) is 5.94. The van der Waals surface area contributed by atoms with Crippen LogP contribution in [0.4, 0.5) is 0 Å². The second-order valence-corrected chi connectivity index (χ2v) is 7.97. The van der Waals surface area contributed by atoms with E-state index in [1.54, 1.807) is 6.92 Å². The summed E-state index contributed by atoms with van der Waals surface area (Å²) in [5, 5.41) is 16.0. The average molecular weight is 392 g/mol. The molecule has 1 N–H and O–H groups in total. The number of hydrogen-bond donors (Lipinski definition) is 1. The minimum atomic E-state index is -0.595. The van der Waals surface area contributed by atoms with Gasteiger partial charge in [-0.1, -0.05) is 32.0 Å². The number of aliphatic hydroxyl groups is 1. The normalized spacial score (nSPS) is 13.1. The lowest BCUT2D eigenvalue weighted by Crippen LogP contribution is -2.05. The highest BCUT2D eigenvalue weighted by atomic mass is 16.3. The van der Waals surface area contributed by atoms with Gasteiger partial charge in [-0.3, -0.25) is 0 Å². The first-order valence-corrected chi connectivity index (χ1v) is 10.4. The first-order chi connectivity index (χ1) is 13.9. The first kappa shape index (κ1) is 19.6. The molecule has 3 aromatic heterocycles. The minimum Gasteiger partial charge on any atom is -0.460 e. The Hall–Kier alpha value is -2.66. The Kier molecular flexibility index (Phi) is 4.95. The zero-order valence-corrected chi connectivity index (χ0v) is 18.1. The molecule has 0 aliphatic rings. The molecule has 4 aromatic rings. The molecule has 5 nitrogen and oxygen atoms in total. The number of furan rings is 1. The van der Waals surface area contributed by atoms with E-state index in [-0.39, 0.29) is 0 Å². The summed E-state index contributed by atoms with van der Waals surface area (Å²) in [6, 6.07) is 8.10.